The maximum atomic E-state index is 12.5. The molecule has 3 rings (SSSR count). The lowest BCUT2D eigenvalue weighted by Gasteiger charge is -2.05. The van der Waals surface area contributed by atoms with Crippen LogP contribution in [0.1, 0.15) is 10.5 Å². The average molecular weight is 328 g/mol. The van der Waals surface area contributed by atoms with E-state index in [0.29, 0.717) is 23.7 Å². The van der Waals surface area contributed by atoms with E-state index in [1.54, 1.807) is 4.40 Å². The van der Waals surface area contributed by atoms with Crippen molar-refractivity contribution in [2.24, 2.45) is 0 Å². The molecule has 0 unspecified atom stereocenters. The summed E-state index contributed by atoms with van der Waals surface area (Å²) in [7, 11) is 0. The maximum Gasteiger partial charge on any atom is 0.270 e. The van der Waals surface area contributed by atoms with Gasteiger partial charge in [0.05, 0.1) is 0 Å². The van der Waals surface area contributed by atoms with Gasteiger partial charge in [-0.25, -0.2) is 4.98 Å². The van der Waals surface area contributed by atoms with E-state index in [0.717, 1.165) is 22.3 Å². The summed E-state index contributed by atoms with van der Waals surface area (Å²) in [6, 6.07) is 9.66. The summed E-state index contributed by atoms with van der Waals surface area (Å²) in [5.74, 6) is 0.386. The topological polar surface area (TPSA) is 70.2 Å². The van der Waals surface area contributed by atoms with E-state index in [1.165, 1.54) is 11.3 Å². The fraction of sp³-hybridized carbons (Fsp3) is 0.133. The van der Waals surface area contributed by atoms with Gasteiger partial charge >= 0.3 is 0 Å². The van der Waals surface area contributed by atoms with Gasteiger partial charge in [-0.1, -0.05) is 30.3 Å². The number of imidazole rings is 1. The van der Waals surface area contributed by atoms with Gasteiger partial charge in [0.15, 0.2) is 4.96 Å². The molecular formula is C15H12N4OS2. The van der Waals surface area contributed by atoms with Gasteiger partial charge in [-0.3, -0.25) is 9.20 Å². The number of nitriles is 1. The van der Waals surface area contributed by atoms with E-state index in [4.69, 9.17) is 5.26 Å². The van der Waals surface area contributed by atoms with Crippen LogP contribution in [0.25, 0.3) is 16.2 Å². The second-order valence-corrected chi connectivity index (χ2v) is 6.18. The highest BCUT2D eigenvalue weighted by molar-refractivity contribution is 8.03. The molecule has 2 heterocycles. The molecule has 0 aliphatic heterocycles. The molecule has 0 radical (unpaired) electrons. The molecule has 3 aromatic rings. The van der Waals surface area contributed by atoms with Crippen molar-refractivity contribution in [2.45, 2.75) is 0 Å². The highest BCUT2D eigenvalue weighted by atomic mass is 32.2. The Bertz CT molecular complexity index is 832. The van der Waals surface area contributed by atoms with Crippen molar-refractivity contribution in [3.8, 4) is 16.7 Å². The predicted molar refractivity (Wildman–Crippen MR) is 88.9 cm³/mol. The monoisotopic (exact) mass is 328 g/mol. The van der Waals surface area contributed by atoms with Crippen LogP contribution in [0.5, 0.6) is 0 Å². The van der Waals surface area contributed by atoms with Crippen molar-refractivity contribution >= 4 is 34.0 Å². The van der Waals surface area contributed by atoms with Crippen LogP contribution >= 0.6 is 23.1 Å². The van der Waals surface area contributed by atoms with Gasteiger partial charge < -0.3 is 5.32 Å². The molecule has 0 aliphatic rings. The number of nitrogens with one attached hydrogen (secondary N) is 1. The van der Waals surface area contributed by atoms with Gasteiger partial charge in [0.2, 0.25) is 0 Å². The molecule has 5 nitrogen and oxygen atoms in total. The fourth-order valence-corrected chi connectivity index (χ4v) is 3.15. The largest absolute Gasteiger partial charge is 0.350 e. The molecule has 110 valence electrons. The van der Waals surface area contributed by atoms with Crippen LogP contribution in [0.2, 0.25) is 0 Å². The summed E-state index contributed by atoms with van der Waals surface area (Å²) < 4.78 is 1.81. The van der Waals surface area contributed by atoms with E-state index in [9.17, 15) is 4.79 Å². The Balaban J connectivity index is 1.95. The van der Waals surface area contributed by atoms with Crippen molar-refractivity contribution < 1.29 is 4.79 Å². The van der Waals surface area contributed by atoms with Gasteiger partial charge in [0.25, 0.3) is 5.91 Å². The standard InChI is InChI=1S/C15H12N4OS2/c16-10-21-8-6-17-14(20)13-12(11-4-2-1-3-5-11)18-15-19(13)7-9-22-15/h1-5,7,9H,6,8H2,(H,17,20). The van der Waals surface area contributed by atoms with Gasteiger partial charge in [-0.15, -0.1) is 11.3 Å². The van der Waals surface area contributed by atoms with Crippen LogP contribution in [0, 0.1) is 10.7 Å². The number of nitrogens with zero attached hydrogens (tertiary/aromatic N) is 3. The third kappa shape index (κ3) is 2.84. The van der Waals surface area contributed by atoms with E-state index in [1.807, 2.05) is 47.3 Å². The summed E-state index contributed by atoms with van der Waals surface area (Å²) in [6.07, 6.45) is 1.85. The third-order valence-corrected chi connectivity index (χ3v) is 4.37. The van der Waals surface area contributed by atoms with Crippen molar-refractivity contribution in [2.75, 3.05) is 12.3 Å². The molecule has 22 heavy (non-hydrogen) atoms. The number of thiocyanates is 1. The Hall–Kier alpha value is -2.30. The van der Waals surface area contributed by atoms with Crippen LogP contribution in [0.4, 0.5) is 0 Å². The first-order chi connectivity index (χ1) is 10.8. The number of aromatic nitrogens is 2. The maximum absolute atomic E-state index is 12.5. The lowest BCUT2D eigenvalue weighted by molar-refractivity contribution is 0.0951. The molecule has 2 aromatic heterocycles. The number of thioether (sulfide) groups is 1. The van der Waals surface area contributed by atoms with Gasteiger partial charge in [0, 0.05) is 29.4 Å². The number of benzene rings is 1. The van der Waals surface area contributed by atoms with Crippen molar-refractivity contribution in [1.82, 2.24) is 14.7 Å². The van der Waals surface area contributed by atoms with Crippen LogP contribution in [-0.2, 0) is 0 Å². The Morgan fingerprint density at radius 1 is 1.41 bits per heavy atom. The van der Waals surface area contributed by atoms with Crippen LogP contribution < -0.4 is 5.32 Å². The first-order valence-electron chi connectivity index (χ1n) is 6.61. The van der Waals surface area contributed by atoms with E-state index < -0.39 is 0 Å². The Labute approximate surface area is 135 Å². The number of rotatable bonds is 5. The highest BCUT2D eigenvalue weighted by Gasteiger charge is 2.20. The number of hydrogen-bond donors (Lipinski definition) is 1. The molecule has 0 bridgehead atoms. The summed E-state index contributed by atoms with van der Waals surface area (Å²) in [6.45, 7) is 0.447. The summed E-state index contributed by atoms with van der Waals surface area (Å²) in [4.78, 5) is 17.9. The Morgan fingerprint density at radius 3 is 3.00 bits per heavy atom. The van der Waals surface area contributed by atoms with Gasteiger partial charge in [0.1, 0.15) is 16.8 Å². The Kier molecular flexibility index (Phi) is 4.42. The SMILES string of the molecule is N#CSCCNC(=O)c1c(-c2ccccc2)nc2sccn12. The number of thiazole rings is 1. The molecule has 0 spiro atoms. The molecule has 1 amide bonds. The third-order valence-electron chi connectivity index (χ3n) is 3.08. The van der Waals surface area contributed by atoms with E-state index in [-0.39, 0.29) is 5.91 Å². The van der Waals surface area contributed by atoms with Crippen molar-refractivity contribution in [1.29, 1.82) is 5.26 Å². The number of amides is 1. The summed E-state index contributed by atoms with van der Waals surface area (Å²) >= 11 is 2.61. The fourth-order valence-electron chi connectivity index (χ4n) is 2.14. The zero-order chi connectivity index (χ0) is 15.4. The number of carbonyl (C=O) groups is 1. The molecule has 1 aromatic carbocycles. The zero-order valence-corrected chi connectivity index (χ0v) is 13.2. The Morgan fingerprint density at radius 2 is 2.23 bits per heavy atom. The smallest absolute Gasteiger partial charge is 0.270 e. The minimum Gasteiger partial charge on any atom is -0.350 e. The van der Waals surface area contributed by atoms with Gasteiger partial charge in [-0.05, 0) is 11.8 Å². The molecular weight excluding hydrogens is 316 g/mol. The molecule has 7 heteroatoms. The molecule has 0 atom stereocenters. The lowest BCUT2D eigenvalue weighted by atomic mass is 10.1. The number of hydrogen-bond acceptors (Lipinski definition) is 5. The summed E-state index contributed by atoms with van der Waals surface area (Å²) in [5, 5.41) is 15.2. The van der Waals surface area contributed by atoms with Crippen LogP contribution in [-0.4, -0.2) is 27.6 Å². The molecule has 0 fully saturated rings. The normalized spacial score (nSPS) is 10.5. The lowest BCUT2D eigenvalue weighted by Crippen LogP contribution is -2.27. The predicted octanol–water partition coefficient (Wildman–Crippen LogP) is 3.01. The summed E-state index contributed by atoms with van der Waals surface area (Å²) in [5.41, 5.74) is 2.12. The highest BCUT2D eigenvalue weighted by Crippen LogP contribution is 2.26. The second kappa shape index (κ2) is 6.64. The molecule has 0 aliphatic carbocycles. The minimum atomic E-state index is -0.178. The van der Waals surface area contributed by atoms with E-state index in [2.05, 4.69) is 10.3 Å². The van der Waals surface area contributed by atoms with Crippen molar-refractivity contribution in [3.63, 3.8) is 0 Å². The van der Waals surface area contributed by atoms with Crippen molar-refractivity contribution in [3.05, 3.63) is 47.6 Å². The average Bonchev–Trinajstić information content (AvgIpc) is 3.12. The first-order valence-corrected chi connectivity index (χ1v) is 8.48. The first kappa shape index (κ1) is 14.6. The number of carbonyl (C=O) groups excluding carboxylic acids is 1. The zero-order valence-electron chi connectivity index (χ0n) is 11.5. The van der Waals surface area contributed by atoms with E-state index >= 15 is 0 Å². The molecule has 0 saturated carbocycles. The minimum absolute atomic E-state index is 0.178. The molecule has 1 N–H and O–H groups in total. The van der Waals surface area contributed by atoms with Crippen LogP contribution in [0.15, 0.2) is 41.9 Å². The molecule has 0 saturated heterocycles. The number of fused-ring (bicyclic) bond motifs is 1. The quantitative estimate of drug-likeness (QED) is 0.577. The second-order valence-electron chi connectivity index (χ2n) is 4.43. The van der Waals surface area contributed by atoms with Crippen LogP contribution in [0.3, 0.4) is 0 Å². The van der Waals surface area contributed by atoms with Gasteiger partial charge in [-0.2, -0.15) is 5.26 Å².